The summed E-state index contributed by atoms with van der Waals surface area (Å²) in [5.41, 5.74) is 4.11. The van der Waals surface area contributed by atoms with Gasteiger partial charge < -0.3 is 10.2 Å². The zero-order valence-corrected chi connectivity index (χ0v) is 21.8. The summed E-state index contributed by atoms with van der Waals surface area (Å²) >= 11 is 7.80. The smallest absolute Gasteiger partial charge is 0.162 e. The zero-order chi connectivity index (χ0) is 24.0. The number of fused-ring (bicyclic) bond motifs is 1. The molecule has 1 fully saturated rings. The maximum Gasteiger partial charge on any atom is 0.162 e. The standard InChI is InChI=1S/C25H35ClN6S/c1-24(2)13-17(14-25(3,4)30-24)31(5)23(28)33-22(27)18-10-9-16(12-20(18)26)19-15-29-32-11-7-6-8-21(19)32/h9-10,12,15,17,27-28,30H,6-8,11,13-14H2,1-5H3. The highest BCUT2D eigenvalue weighted by molar-refractivity contribution is 8.26. The molecule has 0 atom stereocenters. The number of nitrogens with zero attached hydrogens (tertiary/aromatic N) is 3. The summed E-state index contributed by atoms with van der Waals surface area (Å²) in [4.78, 5) is 2.02. The van der Waals surface area contributed by atoms with Gasteiger partial charge >= 0.3 is 0 Å². The highest BCUT2D eigenvalue weighted by Crippen LogP contribution is 2.34. The second kappa shape index (κ2) is 9.08. The van der Waals surface area contributed by atoms with Crippen LogP contribution in [0, 0.1) is 10.8 Å². The van der Waals surface area contributed by atoms with Gasteiger partial charge in [-0.1, -0.05) is 23.7 Å². The predicted octanol–water partition coefficient (Wildman–Crippen LogP) is 5.77. The molecule has 0 amide bonds. The van der Waals surface area contributed by atoms with Crippen molar-refractivity contribution in [2.75, 3.05) is 7.05 Å². The van der Waals surface area contributed by atoms with Crippen molar-refractivity contribution in [1.82, 2.24) is 20.0 Å². The second-order valence-corrected chi connectivity index (χ2v) is 12.1. The maximum absolute atomic E-state index is 8.67. The van der Waals surface area contributed by atoms with Crippen molar-refractivity contribution in [2.45, 2.75) is 83.5 Å². The van der Waals surface area contributed by atoms with E-state index < -0.39 is 0 Å². The lowest BCUT2D eigenvalue weighted by atomic mass is 9.79. The Balaban J connectivity index is 1.46. The van der Waals surface area contributed by atoms with E-state index in [9.17, 15) is 0 Å². The van der Waals surface area contributed by atoms with Crippen LogP contribution < -0.4 is 5.32 Å². The summed E-state index contributed by atoms with van der Waals surface area (Å²) in [6.07, 6.45) is 7.23. The van der Waals surface area contributed by atoms with Crippen LogP contribution in [0.5, 0.6) is 0 Å². The van der Waals surface area contributed by atoms with E-state index >= 15 is 0 Å². The molecule has 178 valence electrons. The van der Waals surface area contributed by atoms with Crippen LogP contribution >= 0.6 is 23.4 Å². The Morgan fingerprint density at radius 3 is 2.55 bits per heavy atom. The third-order valence-electron chi connectivity index (χ3n) is 6.74. The molecule has 2 aliphatic heterocycles. The van der Waals surface area contributed by atoms with E-state index in [0.29, 0.717) is 20.8 Å². The first kappa shape index (κ1) is 24.3. The van der Waals surface area contributed by atoms with E-state index in [2.05, 4.69) is 42.8 Å². The predicted molar refractivity (Wildman–Crippen MR) is 140 cm³/mol. The Labute approximate surface area is 206 Å². The molecule has 0 radical (unpaired) electrons. The summed E-state index contributed by atoms with van der Waals surface area (Å²) in [6.45, 7) is 9.84. The van der Waals surface area contributed by atoms with Gasteiger partial charge in [0.15, 0.2) is 5.17 Å². The fourth-order valence-electron chi connectivity index (χ4n) is 5.46. The van der Waals surface area contributed by atoms with Crippen molar-refractivity contribution in [1.29, 1.82) is 10.8 Å². The molecular weight excluding hydrogens is 452 g/mol. The van der Waals surface area contributed by atoms with Crippen LogP contribution in [0.1, 0.15) is 64.6 Å². The summed E-state index contributed by atoms with van der Waals surface area (Å²) < 4.78 is 2.10. The zero-order valence-electron chi connectivity index (χ0n) is 20.3. The Kier molecular flexibility index (Phi) is 6.69. The van der Waals surface area contributed by atoms with Crippen LogP contribution in [0.4, 0.5) is 0 Å². The quantitative estimate of drug-likeness (QED) is 0.379. The summed E-state index contributed by atoms with van der Waals surface area (Å²) in [5.74, 6) is 0. The molecule has 6 nitrogen and oxygen atoms in total. The number of thioether (sulfide) groups is 1. The van der Waals surface area contributed by atoms with Crippen LogP contribution in [0.15, 0.2) is 24.4 Å². The van der Waals surface area contributed by atoms with Crippen molar-refractivity contribution in [3.8, 4) is 11.1 Å². The van der Waals surface area contributed by atoms with Crippen molar-refractivity contribution >= 4 is 33.6 Å². The van der Waals surface area contributed by atoms with E-state index in [0.717, 1.165) is 36.9 Å². The monoisotopic (exact) mass is 486 g/mol. The SMILES string of the molecule is CN(C(=N)SC(=N)c1ccc(-c2cnn3c2CCCC3)cc1Cl)C1CC(C)(C)NC(C)(C)C1. The molecule has 2 aromatic rings. The Bertz CT molecular complexity index is 1060. The molecule has 2 aliphatic rings. The maximum atomic E-state index is 8.67. The highest BCUT2D eigenvalue weighted by Gasteiger charge is 2.39. The van der Waals surface area contributed by atoms with Gasteiger partial charge in [-0.05, 0) is 83.2 Å². The number of amidine groups is 1. The first-order chi connectivity index (χ1) is 15.5. The van der Waals surface area contributed by atoms with Crippen LogP contribution in [0.3, 0.4) is 0 Å². The van der Waals surface area contributed by atoms with Crippen molar-refractivity contribution < 1.29 is 0 Å². The molecule has 0 saturated carbocycles. The van der Waals surface area contributed by atoms with Gasteiger partial charge in [0.05, 0.1) is 11.2 Å². The van der Waals surface area contributed by atoms with E-state index in [1.807, 2.05) is 36.3 Å². The number of hydrogen-bond donors (Lipinski definition) is 3. The van der Waals surface area contributed by atoms with Gasteiger partial charge in [0, 0.05) is 47.5 Å². The fourth-order valence-corrected chi connectivity index (χ4v) is 6.57. The first-order valence-electron chi connectivity index (χ1n) is 11.7. The molecule has 8 heteroatoms. The molecule has 1 aromatic heterocycles. The summed E-state index contributed by atoms with van der Waals surface area (Å²) in [6, 6.07) is 6.11. The number of aryl methyl sites for hydroxylation is 1. The molecule has 33 heavy (non-hydrogen) atoms. The molecule has 3 N–H and O–H groups in total. The Hall–Kier alpha value is -1.83. The van der Waals surface area contributed by atoms with Crippen molar-refractivity contribution in [3.63, 3.8) is 0 Å². The third-order valence-corrected chi connectivity index (χ3v) is 7.96. The van der Waals surface area contributed by atoms with Crippen LogP contribution in [0.25, 0.3) is 11.1 Å². The molecule has 0 aliphatic carbocycles. The Morgan fingerprint density at radius 1 is 1.18 bits per heavy atom. The van der Waals surface area contributed by atoms with Crippen LogP contribution in [-0.2, 0) is 13.0 Å². The average Bonchev–Trinajstić information content (AvgIpc) is 3.14. The number of hydrogen-bond acceptors (Lipinski definition) is 5. The second-order valence-electron chi connectivity index (χ2n) is 10.7. The number of benzene rings is 1. The molecule has 3 heterocycles. The normalized spacial score (nSPS) is 19.7. The van der Waals surface area contributed by atoms with E-state index in [-0.39, 0.29) is 17.1 Å². The third kappa shape index (κ3) is 5.31. The van der Waals surface area contributed by atoms with Crippen molar-refractivity contribution in [2.24, 2.45) is 0 Å². The van der Waals surface area contributed by atoms with Gasteiger partial charge in [0.1, 0.15) is 5.04 Å². The largest absolute Gasteiger partial charge is 0.351 e. The molecular formula is C25H35ClN6S. The number of aromatic nitrogens is 2. The average molecular weight is 487 g/mol. The molecule has 4 rings (SSSR count). The molecule has 1 aromatic carbocycles. The van der Waals surface area contributed by atoms with Gasteiger partial charge in [-0.3, -0.25) is 15.5 Å². The summed E-state index contributed by atoms with van der Waals surface area (Å²) in [7, 11) is 1.97. The van der Waals surface area contributed by atoms with Gasteiger partial charge in [-0.25, -0.2) is 0 Å². The lowest BCUT2D eigenvalue weighted by Crippen LogP contribution is -2.62. The van der Waals surface area contributed by atoms with Crippen LogP contribution in [-0.4, -0.2) is 49.1 Å². The molecule has 0 bridgehead atoms. The van der Waals surface area contributed by atoms with Crippen LogP contribution in [0.2, 0.25) is 5.02 Å². The van der Waals surface area contributed by atoms with E-state index in [4.69, 9.17) is 22.4 Å². The summed E-state index contributed by atoms with van der Waals surface area (Å²) in [5, 5.41) is 26.8. The minimum Gasteiger partial charge on any atom is -0.351 e. The number of nitrogens with one attached hydrogen (secondary N) is 3. The molecule has 1 saturated heterocycles. The van der Waals surface area contributed by atoms with Gasteiger partial charge in [0.2, 0.25) is 0 Å². The lowest BCUT2D eigenvalue weighted by molar-refractivity contribution is 0.114. The van der Waals surface area contributed by atoms with Gasteiger partial charge in [-0.15, -0.1) is 0 Å². The Morgan fingerprint density at radius 2 is 1.88 bits per heavy atom. The number of rotatable bonds is 3. The van der Waals surface area contributed by atoms with Crippen molar-refractivity contribution in [3.05, 3.63) is 40.7 Å². The highest BCUT2D eigenvalue weighted by atomic mass is 35.5. The minimum absolute atomic E-state index is 0.00536. The minimum atomic E-state index is 0.00536. The fraction of sp³-hybridized carbons (Fsp3) is 0.560. The number of piperidine rings is 1. The first-order valence-corrected chi connectivity index (χ1v) is 12.9. The number of halogens is 1. The lowest BCUT2D eigenvalue weighted by Gasteiger charge is -2.49. The molecule has 0 spiro atoms. The van der Waals surface area contributed by atoms with Gasteiger partial charge in [0.25, 0.3) is 0 Å². The van der Waals surface area contributed by atoms with E-state index in [1.165, 1.54) is 30.3 Å². The topological polar surface area (TPSA) is 80.8 Å². The van der Waals surface area contributed by atoms with E-state index in [1.54, 1.807) is 0 Å². The van der Waals surface area contributed by atoms with Gasteiger partial charge in [-0.2, -0.15) is 5.10 Å². The molecule has 0 unspecified atom stereocenters.